The predicted octanol–water partition coefficient (Wildman–Crippen LogP) is 0.745. The van der Waals surface area contributed by atoms with Crippen LogP contribution < -0.4 is 0 Å². The Balaban J connectivity index is 3.03. The maximum Gasteiger partial charge on any atom is 0.331 e. The zero-order chi connectivity index (χ0) is 13.3. The van der Waals surface area contributed by atoms with Crippen LogP contribution in [0.4, 0.5) is 0 Å². The molecule has 0 aliphatic rings. The molecule has 0 saturated carbocycles. The average Bonchev–Trinajstić information content (AvgIpc) is 1.93. The van der Waals surface area contributed by atoms with Gasteiger partial charge in [-0.25, -0.2) is 0 Å². The Labute approximate surface area is 97.8 Å². The molecule has 4 N–H and O–H groups in total. The van der Waals surface area contributed by atoms with Crippen LogP contribution in [0, 0.1) is 6.92 Å². The molecule has 0 radical (unpaired) electrons. The van der Waals surface area contributed by atoms with Crippen molar-refractivity contribution in [3.8, 4) is 0 Å². The van der Waals surface area contributed by atoms with Crippen molar-refractivity contribution in [2.75, 3.05) is 0 Å². The summed E-state index contributed by atoms with van der Waals surface area (Å²) in [5.74, 6) is 0. The van der Waals surface area contributed by atoms with Crippen molar-refractivity contribution in [2.24, 2.45) is 0 Å². The smallest absolute Gasteiger partial charge is 0.324 e. The third kappa shape index (κ3) is 6.07. The number of aryl methyl sites for hydroxylation is 1. The highest BCUT2D eigenvalue weighted by molar-refractivity contribution is 7.51. The largest absolute Gasteiger partial charge is 0.331 e. The second kappa shape index (κ2) is 4.98. The Hall–Kier alpha value is -0.550. The van der Waals surface area contributed by atoms with Crippen LogP contribution in [0.2, 0.25) is 0 Å². The fourth-order valence-corrected chi connectivity index (χ4v) is 2.68. The molecule has 0 atom stereocenters. The molecule has 17 heavy (non-hydrogen) atoms. The van der Waals surface area contributed by atoms with Crippen molar-refractivity contribution in [2.45, 2.75) is 19.2 Å². The minimum Gasteiger partial charge on any atom is -0.324 e. The number of pyridine rings is 1. The van der Waals surface area contributed by atoms with Gasteiger partial charge in [-0.05, 0) is 24.6 Å². The lowest BCUT2D eigenvalue weighted by Crippen LogP contribution is -1.97. The van der Waals surface area contributed by atoms with Crippen LogP contribution in [0.1, 0.15) is 17.0 Å². The number of nitrogens with zero attached hydrogens (tertiary/aromatic N) is 1. The van der Waals surface area contributed by atoms with Crippen molar-refractivity contribution >= 4 is 15.2 Å². The van der Waals surface area contributed by atoms with Gasteiger partial charge in [-0.15, -0.1) is 0 Å². The summed E-state index contributed by atoms with van der Waals surface area (Å²) in [6, 6.07) is 2.77. The second-order valence-electron chi connectivity index (χ2n) is 3.75. The van der Waals surface area contributed by atoms with Gasteiger partial charge in [0, 0.05) is 5.69 Å². The van der Waals surface area contributed by atoms with Gasteiger partial charge in [-0.2, -0.15) is 0 Å². The SMILES string of the molecule is Cc1cc(CP(=O)(O)O)cc(CP(=O)(O)O)n1. The van der Waals surface area contributed by atoms with Crippen molar-refractivity contribution in [1.82, 2.24) is 4.98 Å². The summed E-state index contributed by atoms with van der Waals surface area (Å²) >= 11 is 0. The summed E-state index contributed by atoms with van der Waals surface area (Å²) in [4.78, 5) is 39.2. The van der Waals surface area contributed by atoms with Gasteiger partial charge in [0.05, 0.1) is 18.0 Å². The van der Waals surface area contributed by atoms with Gasteiger partial charge in [-0.1, -0.05) is 0 Å². The van der Waals surface area contributed by atoms with Crippen molar-refractivity contribution < 1.29 is 28.7 Å². The third-order valence-electron chi connectivity index (χ3n) is 1.82. The molecular formula is C8H13NO6P2. The first-order valence-electron chi connectivity index (χ1n) is 4.61. The highest BCUT2D eigenvalue weighted by Gasteiger charge is 2.18. The third-order valence-corrected chi connectivity index (χ3v) is 3.34. The fraction of sp³-hybridized carbons (Fsp3) is 0.375. The van der Waals surface area contributed by atoms with Crippen molar-refractivity contribution in [1.29, 1.82) is 0 Å². The van der Waals surface area contributed by atoms with Gasteiger partial charge in [0.2, 0.25) is 0 Å². The standard InChI is InChI=1S/C8H13NO6P2/c1-6-2-7(4-16(10,11)12)3-8(9-6)5-17(13,14)15/h2-3H,4-5H2,1H3,(H2,10,11,12)(H2,13,14,15). The number of aromatic nitrogens is 1. The quantitative estimate of drug-likeness (QED) is 0.599. The Morgan fingerprint density at radius 2 is 1.59 bits per heavy atom. The molecule has 7 nitrogen and oxygen atoms in total. The molecule has 96 valence electrons. The minimum absolute atomic E-state index is 0.127. The van der Waals surface area contributed by atoms with Crippen LogP contribution in [0.15, 0.2) is 12.1 Å². The zero-order valence-electron chi connectivity index (χ0n) is 9.02. The van der Waals surface area contributed by atoms with Crippen LogP contribution in [0.5, 0.6) is 0 Å². The summed E-state index contributed by atoms with van der Waals surface area (Å²) in [5, 5.41) is 0. The molecule has 1 aromatic rings. The molecule has 0 saturated heterocycles. The van der Waals surface area contributed by atoms with Gasteiger partial charge < -0.3 is 19.6 Å². The first-order chi connectivity index (χ1) is 7.55. The molecule has 1 heterocycles. The Bertz CT molecular complexity index is 462. The van der Waals surface area contributed by atoms with Crippen LogP contribution >= 0.6 is 15.2 Å². The van der Waals surface area contributed by atoms with E-state index < -0.39 is 27.5 Å². The molecule has 0 bridgehead atoms. The molecule has 0 spiro atoms. The van der Waals surface area contributed by atoms with E-state index in [-0.39, 0.29) is 5.69 Å². The number of hydrogen-bond donors (Lipinski definition) is 4. The maximum atomic E-state index is 10.8. The molecule has 1 aromatic heterocycles. The van der Waals surface area contributed by atoms with Crippen LogP contribution in [-0.4, -0.2) is 24.6 Å². The summed E-state index contributed by atoms with van der Waals surface area (Å²) in [7, 11) is -8.44. The van der Waals surface area contributed by atoms with E-state index in [9.17, 15) is 9.13 Å². The monoisotopic (exact) mass is 281 g/mol. The van der Waals surface area contributed by atoms with Gasteiger partial charge >= 0.3 is 15.2 Å². The Kier molecular flexibility index (Phi) is 4.25. The minimum atomic E-state index is -4.24. The lowest BCUT2D eigenvalue weighted by molar-refractivity contribution is 0.370. The second-order valence-corrected chi connectivity index (χ2v) is 7.04. The normalized spacial score (nSPS) is 12.8. The van der Waals surface area contributed by atoms with Gasteiger partial charge in [0.15, 0.2) is 0 Å². The molecule has 0 aromatic carbocycles. The molecular weight excluding hydrogens is 268 g/mol. The van der Waals surface area contributed by atoms with Crippen LogP contribution in [-0.2, 0) is 21.5 Å². The summed E-state index contributed by atoms with van der Waals surface area (Å²) in [5.41, 5.74) is 0.899. The topological polar surface area (TPSA) is 128 Å². The molecule has 1 rings (SSSR count). The molecule has 0 fully saturated rings. The van der Waals surface area contributed by atoms with E-state index in [4.69, 9.17) is 19.6 Å². The molecule has 0 unspecified atom stereocenters. The summed E-state index contributed by atoms with van der Waals surface area (Å²) in [6.07, 6.45) is -1.01. The van der Waals surface area contributed by atoms with Crippen LogP contribution in [0.3, 0.4) is 0 Å². The summed E-state index contributed by atoms with van der Waals surface area (Å²) in [6.45, 7) is 1.59. The van der Waals surface area contributed by atoms with Crippen molar-refractivity contribution in [3.05, 3.63) is 29.1 Å². The molecule has 0 aliphatic carbocycles. The van der Waals surface area contributed by atoms with E-state index in [1.165, 1.54) is 12.1 Å². The highest BCUT2D eigenvalue weighted by Crippen LogP contribution is 2.41. The van der Waals surface area contributed by atoms with Gasteiger partial charge in [0.25, 0.3) is 0 Å². The lowest BCUT2D eigenvalue weighted by Gasteiger charge is -2.08. The zero-order valence-corrected chi connectivity index (χ0v) is 10.8. The Morgan fingerprint density at radius 1 is 1.06 bits per heavy atom. The molecule has 0 aliphatic heterocycles. The molecule has 9 heteroatoms. The lowest BCUT2D eigenvalue weighted by atomic mass is 10.2. The number of hydrogen-bond acceptors (Lipinski definition) is 3. The van der Waals surface area contributed by atoms with Crippen molar-refractivity contribution in [3.63, 3.8) is 0 Å². The van der Waals surface area contributed by atoms with Gasteiger partial charge in [0.1, 0.15) is 0 Å². The van der Waals surface area contributed by atoms with Crippen LogP contribution in [0.25, 0.3) is 0 Å². The summed E-state index contributed by atoms with van der Waals surface area (Å²) < 4.78 is 21.6. The molecule has 0 amide bonds. The van der Waals surface area contributed by atoms with E-state index in [2.05, 4.69) is 4.98 Å². The van der Waals surface area contributed by atoms with E-state index >= 15 is 0 Å². The van der Waals surface area contributed by atoms with E-state index in [0.29, 0.717) is 11.3 Å². The number of rotatable bonds is 4. The highest BCUT2D eigenvalue weighted by atomic mass is 31.2. The predicted molar refractivity (Wildman–Crippen MR) is 60.5 cm³/mol. The first kappa shape index (κ1) is 14.5. The van der Waals surface area contributed by atoms with E-state index in [1.807, 2.05) is 0 Å². The van der Waals surface area contributed by atoms with E-state index in [0.717, 1.165) is 0 Å². The fourth-order valence-electron chi connectivity index (χ4n) is 1.44. The Morgan fingerprint density at radius 3 is 2.06 bits per heavy atom. The maximum absolute atomic E-state index is 10.8. The first-order valence-corrected chi connectivity index (χ1v) is 8.20. The van der Waals surface area contributed by atoms with Gasteiger partial charge in [-0.3, -0.25) is 14.1 Å². The average molecular weight is 281 g/mol. The van der Waals surface area contributed by atoms with E-state index in [1.54, 1.807) is 6.92 Å².